The molecule has 2 aromatic heterocycles. The Morgan fingerprint density at radius 2 is 1.84 bits per heavy atom. The lowest BCUT2D eigenvalue weighted by molar-refractivity contribution is -0.117. The monoisotopic (exact) mass is 447 g/mol. The number of amides is 2. The quantitative estimate of drug-likeness (QED) is 0.615. The van der Waals surface area contributed by atoms with Gasteiger partial charge < -0.3 is 9.80 Å². The second kappa shape index (κ2) is 8.80. The van der Waals surface area contributed by atoms with Crippen LogP contribution in [0.25, 0.3) is 11.3 Å². The van der Waals surface area contributed by atoms with Crippen molar-refractivity contribution in [2.75, 3.05) is 37.6 Å². The second-order valence-corrected chi connectivity index (χ2v) is 9.13. The van der Waals surface area contributed by atoms with Crippen LogP contribution in [0.2, 0.25) is 0 Å². The summed E-state index contributed by atoms with van der Waals surface area (Å²) in [4.78, 5) is 40.1. The summed E-state index contributed by atoms with van der Waals surface area (Å²) in [7, 11) is 0. The van der Waals surface area contributed by atoms with Crippen LogP contribution in [0.15, 0.2) is 54.0 Å². The van der Waals surface area contributed by atoms with E-state index in [4.69, 9.17) is 0 Å². The van der Waals surface area contributed by atoms with E-state index >= 15 is 0 Å². The number of thiazole rings is 1. The minimum Gasteiger partial charge on any atom is -0.334 e. The number of hydrogen-bond donors (Lipinski definition) is 0. The van der Waals surface area contributed by atoms with Gasteiger partial charge in [0.15, 0.2) is 5.01 Å². The molecule has 5 rings (SSSR count). The van der Waals surface area contributed by atoms with E-state index < -0.39 is 0 Å². The van der Waals surface area contributed by atoms with Crippen LogP contribution in [0.4, 0.5) is 5.69 Å². The van der Waals surface area contributed by atoms with Gasteiger partial charge in [-0.1, -0.05) is 18.2 Å². The molecule has 3 aromatic rings. The summed E-state index contributed by atoms with van der Waals surface area (Å²) in [5.74, 6) is 0.157. The summed E-state index contributed by atoms with van der Waals surface area (Å²) in [5.41, 5.74) is 3.89. The number of nitrogens with zero attached hydrogens (tertiary/aromatic N) is 5. The van der Waals surface area contributed by atoms with Crippen molar-refractivity contribution >= 4 is 28.8 Å². The van der Waals surface area contributed by atoms with Crippen LogP contribution in [0, 0.1) is 6.92 Å². The largest absolute Gasteiger partial charge is 0.334 e. The number of benzene rings is 1. The number of aryl methyl sites for hydroxylation is 1. The standard InChI is InChI=1S/C24H25N5O2S/c1-17-3-2-4-21(26-17)18-5-7-19(8-6-18)29-16-20(15-22(29)30)27-10-12-28(13-11-27)24(31)23-25-9-14-32-23/h2-9,14,20H,10-13,15-16H2,1H3. The molecule has 0 N–H and O–H groups in total. The molecule has 0 spiro atoms. The van der Waals surface area contributed by atoms with E-state index in [-0.39, 0.29) is 17.9 Å². The first-order valence-corrected chi connectivity index (χ1v) is 11.7. The molecule has 4 heterocycles. The molecule has 2 amide bonds. The Kier molecular flexibility index (Phi) is 5.71. The van der Waals surface area contributed by atoms with Gasteiger partial charge >= 0.3 is 0 Å². The van der Waals surface area contributed by atoms with E-state index in [0.717, 1.165) is 35.7 Å². The van der Waals surface area contributed by atoms with Crippen LogP contribution < -0.4 is 4.90 Å². The molecule has 7 nitrogen and oxygen atoms in total. The van der Waals surface area contributed by atoms with Crippen molar-refractivity contribution in [1.82, 2.24) is 19.8 Å². The minimum atomic E-state index is 0.00645. The van der Waals surface area contributed by atoms with Crippen LogP contribution in [0.5, 0.6) is 0 Å². The summed E-state index contributed by atoms with van der Waals surface area (Å²) in [5, 5.41) is 2.37. The molecule has 164 valence electrons. The van der Waals surface area contributed by atoms with E-state index in [1.54, 1.807) is 6.20 Å². The molecular weight excluding hydrogens is 422 g/mol. The summed E-state index contributed by atoms with van der Waals surface area (Å²) in [6.07, 6.45) is 2.18. The van der Waals surface area contributed by atoms with Gasteiger partial charge in [-0.25, -0.2) is 4.98 Å². The lowest BCUT2D eigenvalue weighted by Gasteiger charge is -2.37. The predicted octanol–water partition coefficient (Wildman–Crippen LogP) is 3.08. The molecule has 1 aromatic carbocycles. The molecule has 0 aliphatic carbocycles. The Bertz CT molecular complexity index is 1110. The number of pyridine rings is 1. The molecule has 2 aliphatic rings. The van der Waals surface area contributed by atoms with Crippen LogP contribution in [-0.4, -0.2) is 70.3 Å². The third kappa shape index (κ3) is 4.16. The first-order valence-electron chi connectivity index (χ1n) is 10.9. The molecule has 0 saturated carbocycles. The van der Waals surface area contributed by atoms with Crippen molar-refractivity contribution < 1.29 is 9.59 Å². The summed E-state index contributed by atoms with van der Waals surface area (Å²) in [6.45, 7) is 5.56. The van der Waals surface area contributed by atoms with E-state index in [2.05, 4.69) is 14.9 Å². The molecule has 1 atom stereocenters. The van der Waals surface area contributed by atoms with Gasteiger partial charge in [0.25, 0.3) is 5.91 Å². The average Bonchev–Trinajstić information content (AvgIpc) is 3.49. The smallest absolute Gasteiger partial charge is 0.282 e. The first-order chi connectivity index (χ1) is 15.6. The number of carbonyl (C=O) groups excluding carboxylic acids is 2. The predicted molar refractivity (Wildman–Crippen MR) is 125 cm³/mol. The minimum absolute atomic E-state index is 0.00645. The normalized spacial score (nSPS) is 19.5. The SMILES string of the molecule is Cc1cccc(-c2ccc(N3CC(N4CCN(C(=O)c5nccs5)CC4)CC3=O)cc2)n1. The summed E-state index contributed by atoms with van der Waals surface area (Å²) >= 11 is 1.38. The Balaban J connectivity index is 1.21. The van der Waals surface area contributed by atoms with Gasteiger partial charge in [0, 0.05) is 73.7 Å². The zero-order chi connectivity index (χ0) is 22.1. The summed E-state index contributed by atoms with van der Waals surface area (Å²) in [6, 6.07) is 14.2. The molecule has 2 saturated heterocycles. The van der Waals surface area contributed by atoms with Crippen molar-refractivity contribution in [3.05, 3.63) is 64.7 Å². The van der Waals surface area contributed by atoms with Crippen molar-refractivity contribution in [1.29, 1.82) is 0 Å². The number of hydrogen-bond acceptors (Lipinski definition) is 6. The molecule has 32 heavy (non-hydrogen) atoms. The highest BCUT2D eigenvalue weighted by molar-refractivity contribution is 7.11. The first kappa shape index (κ1) is 20.8. The van der Waals surface area contributed by atoms with Crippen molar-refractivity contribution in [3.63, 3.8) is 0 Å². The highest BCUT2D eigenvalue weighted by Gasteiger charge is 2.36. The third-order valence-corrected chi connectivity index (χ3v) is 6.96. The molecule has 2 aliphatic heterocycles. The van der Waals surface area contributed by atoms with E-state index in [9.17, 15) is 9.59 Å². The molecule has 0 radical (unpaired) electrons. The topological polar surface area (TPSA) is 69.6 Å². The zero-order valence-electron chi connectivity index (χ0n) is 18.0. The zero-order valence-corrected chi connectivity index (χ0v) is 18.8. The maximum absolute atomic E-state index is 12.8. The fourth-order valence-electron chi connectivity index (χ4n) is 4.45. The van der Waals surface area contributed by atoms with Crippen molar-refractivity contribution in [2.45, 2.75) is 19.4 Å². The number of aromatic nitrogens is 2. The highest BCUT2D eigenvalue weighted by Crippen LogP contribution is 2.27. The Morgan fingerprint density at radius 3 is 2.53 bits per heavy atom. The van der Waals surface area contributed by atoms with Gasteiger partial charge in [0.1, 0.15) is 0 Å². The Labute approximate surface area is 191 Å². The number of rotatable bonds is 4. The van der Waals surface area contributed by atoms with Gasteiger partial charge in [-0.05, 0) is 31.2 Å². The Morgan fingerprint density at radius 1 is 1.06 bits per heavy atom. The number of piperazine rings is 1. The average molecular weight is 448 g/mol. The van der Waals surface area contributed by atoms with Gasteiger partial charge in [-0.3, -0.25) is 19.5 Å². The van der Waals surface area contributed by atoms with E-state index in [1.807, 2.05) is 64.6 Å². The van der Waals surface area contributed by atoms with Crippen LogP contribution in [0.1, 0.15) is 21.9 Å². The molecular formula is C24H25N5O2S. The molecule has 8 heteroatoms. The maximum Gasteiger partial charge on any atom is 0.282 e. The number of carbonyl (C=O) groups is 2. The van der Waals surface area contributed by atoms with Crippen LogP contribution >= 0.6 is 11.3 Å². The lowest BCUT2D eigenvalue weighted by atomic mass is 10.1. The fraction of sp³-hybridized carbons (Fsp3) is 0.333. The highest BCUT2D eigenvalue weighted by atomic mass is 32.1. The van der Waals surface area contributed by atoms with Crippen LogP contribution in [-0.2, 0) is 4.79 Å². The van der Waals surface area contributed by atoms with Gasteiger partial charge in [0.2, 0.25) is 5.91 Å². The molecule has 1 unspecified atom stereocenters. The van der Waals surface area contributed by atoms with Crippen LogP contribution in [0.3, 0.4) is 0 Å². The molecule has 0 bridgehead atoms. The van der Waals surface area contributed by atoms with Crippen molar-refractivity contribution in [2.24, 2.45) is 0 Å². The van der Waals surface area contributed by atoms with E-state index in [1.165, 1.54) is 11.3 Å². The lowest BCUT2D eigenvalue weighted by Crippen LogP contribution is -2.52. The van der Waals surface area contributed by atoms with Gasteiger partial charge in [-0.15, -0.1) is 11.3 Å². The second-order valence-electron chi connectivity index (χ2n) is 8.24. The van der Waals surface area contributed by atoms with Gasteiger partial charge in [-0.2, -0.15) is 0 Å². The Hall–Kier alpha value is -3.10. The molecule has 2 fully saturated rings. The van der Waals surface area contributed by atoms with Gasteiger partial charge in [0.05, 0.1) is 5.69 Å². The van der Waals surface area contributed by atoms with Crippen molar-refractivity contribution in [3.8, 4) is 11.3 Å². The fourth-order valence-corrected chi connectivity index (χ4v) is 5.06. The number of anilines is 1. The third-order valence-electron chi connectivity index (χ3n) is 6.20. The maximum atomic E-state index is 12.8. The summed E-state index contributed by atoms with van der Waals surface area (Å²) < 4.78 is 0. The van der Waals surface area contributed by atoms with E-state index in [0.29, 0.717) is 31.1 Å².